The van der Waals surface area contributed by atoms with Crippen molar-refractivity contribution in [1.29, 1.82) is 5.26 Å². The number of nitrogens with zero attached hydrogens (tertiary/aromatic N) is 3. The average molecular weight is 291 g/mol. The van der Waals surface area contributed by atoms with Gasteiger partial charge in [-0.1, -0.05) is 0 Å². The van der Waals surface area contributed by atoms with Crippen LogP contribution in [-0.4, -0.2) is 21.7 Å². The molecule has 0 amide bonds. The number of aromatic nitrogens is 2. The van der Waals surface area contributed by atoms with E-state index in [0.717, 1.165) is 4.57 Å². The molecule has 0 saturated heterocycles. The summed E-state index contributed by atoms with van der Waals surface area (Å²) in [4.78, 5) is 35.5. The Bertz CT molecular complexity index is 809. The number of hydrogen-bond acceptors (Lipinski definition) is 7. The molecule has 0 fully saturated rings. The molecule has 9 heteroatoms. The lowest BCUT2D eigenvalue weighted by molar-refractivity contribution is -0.138. The van der Waals surface area contributed by atoms with E-state index in [1.807, 2.05) is 0 Å². The average Bonchev–Trinajstić information content (AvgIpc) is 2.89. The van der Waals surface area contributed by atoms with E-state index >= 15 is 0 Å². The summed E-state index contributed by atoms with van der Waals surface area (Å²) in [6, 6.07) is 1.72. The number of carbonyl (C=O) groups is 1. The Hall–Kier alpha value is -3.02. The van der Waals surface area contributed by atoms with Crippen LogP contribution in [0.15, 0.2) is 21.0 Å². The summed E-state index contributed by atoms with van der Waals surface area (Å²) in [6.07, 6.45) is 0. The maximum atomic E-state index is 12.0. The summed E-state index contributed by atoms with van der Waals surface area (Å²) >= 11 is 0. The highest BCUT2D eigenvalue weighted by molar-refractivity contribution is 5.96. The molecule has 0 aliphatic carbocycles. The predicted octanol–water partition coefficient (Wildman–Crippen LogP) is -0.780. The van der Waals surface area contributed by atoms with E-state index < -0.39 is 17.2 Å². The Labute approximate surface area is 119 Å². The van der Waals surface area contributed by atoms with Gasteiger partial charge in [0, 0.05) is 14.1 Å². The molecule has 0 spiro atoms. The number of hydrogen-bond donors (Lipinski definition) is 2. The number of nitriles is 1. The van der Waals surface area contributed by atoms with Crippen molar-refractivity contribution in [3.05, 3.63) is 32.2 Å². The second-order valence-corrected chi connectivity index (χ2v) is 4.26. The number of esters is 1. The van der Waals surface area contributed by atoms with Crippen molar-refractivity contribution in [3.8, 4) is 6.07 Å². The lowest BCUT2D eigenvalue weighted by atomic mass is 10.3. The second kappa shape index (κ2) is 5.16. The summed E-state index contributed by atoms with van der Waals surface area (Å²) in [5.41, 5.74) is -1.30. The van der Waals surface area contributed by atoms with Gasteiger partial charge in [0.2, 0.25) is 0 Å². The van der Waals surface area contributed by atoms with Crippen LogP contribution in [0.25, 0.3) is 0 Å². The smallest absolute Gasteiger partial charge is 0.352 e. The van der Waals surface area contributed by atoms with Gasteiger partial charge in [0.25, 0.3) is 5.56 Å². The van der Waals surface area contributed by atoms with Crippen molar-refractivity contribution < 1.29 is 9.53 Å². The third-order valence-corrected chi connectivity index (χ3v) is 3.00. The van der Waals surface area contributed by atoms with Crippen molar-refractivity contribution in [2.75, 3.05) is 17.2 Å². The first-order chi connectivity index (χ1) is 9.92. The number of nitrogens with one attached hydrogen (secondary N) is 2. The minimum Gasteiger partial charge on any atom is -0.462 e. The third kappa shape index (κ3) is 2.16. The normalized spacial score (nSPS) is 14.6. The second-order valence-electron chi connectivity index (χ2n) is 4.26. The van der Waals surface area contributed by atoms with Crippen LogP contribution in [0.3, 0.4) is 0 Å². The van der Waals surface area contributed by atoms with E-state index in [1.54, 1.807) is 13.0 Å². The van der Waals surface area contributed by atoms with Gasteiger partial charge in [-0.2, -0.15) is 5.26 Å². The molecule has 2 N–H and O–H groups in total. The molecule has 21 heavy (non-hydrogen) atoms. The first kappa shape index (κ1) is 14.4. The molecule has 2 rings (SSSR count). The molecule has 1 aromatic heterocycles. The predicted molar refractivity (Wildman–Crippen MR) is 73.4 cm³/mol. The van der Waals surface area contributed by atoms with Gasteiger partial charge >= 0.3 is 11.7 Å². The minimum absolute atomic E-state index is 0.0178. The Morgan fingerprint density at radius 1 is 1.29 bits per heavy atom. The molecule has 0 bridgehead atoms. The fourth-order valence-corrected chi connectivity index (χ4v) is 1.91. The summed E-state index contributed by atoms with van der Waals surface area (Å²) in [6.45, 7) is 1.73. The van der Waals surface area contributed by atoms with Crippen LogP contribution in [0.2, 0.25) is 0 Å². The highest BCUT2D eigenvalue weighted by Gasteiger charge is 2.28. The van der Waals surface area contributed by atoms with Gasteiger partial charge in [-0.15, -0.1) is 0 Å². The molecule has 1 aliphatic rings. The molecule has 0 radical (unpaired) electrons. The Balaban J connectivity index is 2.59. The Morgan fingerprint density at radius 2 is 1.95 bits per heavy atom. The van der Waals surface area contributed by atoms with E-state index in [9.17, 15) is 14.4 Å². The first-order valence-corrected chi connectivity index (χ1v) is 6.07. The molecule has 9 nitrogen and oxygen atoms in total. The third-order valence-electron chi connectivity index (χ3n) is 3.00. The van der Waals surface area contributed by atoms with Gasteiger partial charge in [-0.3, -0.25) is 13.9 Å². The van der Waals surface area contributed by atoms with Crippen LogP contribution in [0.1, 0.15) is 6.92 Å². The lowest BCUT2D eigenvalue weighted by Gasteiger charge is -2.06. The zero-order valence-corrected chi connectivity index (χ0v) is 11.7. The van der Waals surface area contributed by atoms with Crippen molar-refractivity contribution in [1.82, 2.24) is 9.13 Å². The van der Waals surface area contributed by atoms with Gasteiger partial charge in [-0.05, 0) is 6.92 Å². The number of carbonyl (C=O) groups excluding carboxylic acids is 1. The molecular formula is C12H13N5O4. The minimum atomic E-state index is -0.815. The van der Waals surface area contributed by atoms with Crippen molar-refractivity contribution in [2.45, 2.75) is 6.92 Å². The van der Waals surface area contributed by atoms with Crippen LogP contribution in [0, 0.1) is 11.3 Å². The summed E-state index contributed by atoms with van der Waals surface area (Å²) in [7, 11) is 2.81. The van der Waals surface area contributed by atoms with Gasteiger partial charge in [0.1, 0.15) is 23.4 Å². The monoisotopic (exact) mass is 291 g/mol. The number of rotatable bonds is 2. The van der Waals surface area contributed by atoms with E-state index in [0.29, 0.717) is 0 Å². The molecule has 1 aromatic rings. The maximum Gasteiger partial charge on any atom is 0.352 e. The largest absolute Gasteiger partial charge is 0.462 e. The van der Waals surface area contributed by atoms with Crippen LogP contribution in [-0.2, 0) is 23.6 Å². The molecule has 110 valence electrons. The zero-order valence-electron chi connectivity index (χ0n) is 11.7. The highest BCUT2D eigenvalue weighted by Crippen LogP contribution is 2.26. The Kier molecular flexibility index (Phi) is 3.54. The lowest BCUT2D eigenvalue weighted by Crippen LogP contribution is -2.37. The van der Waals surface area contributed by atoms with Crippen molar-refractivity contribution in [2.24, 2.45) is 14.1 Å². The van der Waals surface area contributed by atoms with Gasteiger partial charge in [-0.25, -0.2) is 9.59 Å². The molecule has 0 atom stereocenters. The van der Waals surface area contributed by atoms with Crippen molar-refractivity contribution in [3.63, 3.8) is 0 Å². The topological polar surface area (TPSA) is 118 Å². The molecule has 0 aromatic carbocycles. The molecule has 0 unspecified atom stereocenters. The number of anilines is 2. The van der Waals surface area contributed by atoms with Gasteiger partial charge in [0.05, 0.1) is 6.61 Å². The zero-order chi connectivity index (χ0) is 15.7. The van der Waals surface area contributed by atoms with Crippen LogP contribution in [0.5, 0.6) is 0 Å². The van der Waals surface area contributed by atoms with E-state index in [1.165, 1.54) is 18.7 Å². The van der Waals surface area contributed by atoms with E-state index in [2.05, 4.69) is 10.6 Å². The molecule has 1 aliphatic heterocycles. The first-order valence-electron chi connectivity index (χ1n) is 6.07. The quantitative estimate of drug-likeness (QED) is 0.417. The highest BCUT2D eigenvalue weighted by atomic mass is 16.5. The van der Waals surface area contributed by atoms with Gasteiger partial charge in [0.15, 0.2) is 5.57 Å². The molecule has 2 heterocycles. The van der Waals surface area contributed by atoms with E-state index in [4.69, 9.17) is 10.00 Å². The molecular weight excluding hydrogens is 278 g/mol. The fourth-order valence-electron chi connectivity index (χ4n) is 1.91. The summed E-state index contributed by atoms with van der Waals surface area (Å²) in [5.74, 6) is -0.607. The summed E-state index contributed by atoms with van der Waals surface area (Å²) < 4.78 is 6.89. The van der Waals surface area contributed by atoms with Crippen LogP contribution >= 0.6 is 0 Å². The van der Waals surface area contributed by atoms with Crippen LogP contribution < -0.4 is 21.9 Å². The molecule has 0 saturated carbocycles. The Morgan fingerprint density at radius 3 is 2.52 bits per heavy atom. The standard InChI is InChI=1S/C12H13N5O4/c1-4-21-11(19)6(5-13)8-14-7-9(15-8)16(2)12(20)17(3)10(7)18/h14-15H,4H2,1-3H3. The van der Waals surface area contributed by atoms with Gasteiger partial charge < -0.3 is 15.4 Å². The SMILES string of the molecule is CCOC(=O)C(C#N)=C1Nc2c(n(C)c(=O)n(C)c2=O)N1. The fraction of sp³-hybridized carbons (Fsp3) is 0.333. The van der Waals surface area contributed by atoms with E-state index in [-0.39, 0.29) is 29.5 Å². The summed E-state index contributed by atoms with van der Waals surface area (Å²) in [5, 5.41) is 14.4. The van der Waals surface area contributed by atoms with Crippen LogP contribution in [0.4, 0.5) is 11.5 Å². The number of ether oxygens (including phenoxy) is 1. The maximum absolute atomic E-state index is 12.0. The number of fused-ring (bicyclic) bond motifs is 1. The van der Waals surface area contributed by atoms with Crippen molar-refractivity contribution >= 4 is 17.5 Å².